The molecule has 0 aliphatic rings. The highest BCUT2D eigenvalue weighted by Gasteiger charge is 2.23. The fourth-order valence-corrected chi connectivity index (χ4v) is 1.95. The maximum absolute atomic E-state index is 13.7. The zero-order valence-corrected chi connectivity index (χ0v) is 11.3. The van der Waals surface area contributed by atoms with Gasteiger partial charge in [-0.05, 0) is 30.2 Å². The average Bonchev–Trinajstić information content (AvgIpc) is 2.45. The van der Waals surface area contributed by atoms with Gasteiger partial charge in [-0.25, -0.2) is 9.18 Å². The molecule has 108 valence electrons. The second kappa shape index (κ2) is 6.17. The Bertz CT molecular complexity index is 670. The third-order valence-corrected chi connectivity index (χ3v) is 3.02. The van der Waals surface area contributed by atoms with Crippen LogP contribution in [0.3, 0.4) is 0 Å². The van der Waals surface area contributed by atoms with Gasteiger partial charge in [0.1, 0.15) is 5.82 Å². The molecular weight excluding hydrogens is 273 g/mol. The topological polar surface area (TPSA) is 66.4 Å². The van der Waals surface area contributed by atoms with E-state index in [-0.39, 0.29) is 5.56 Å². The van der Waals surface area contributed by atoms with E-state index in [1.54, 1.807) is 43.3 Å². The largest absolute Gasteiger partial charge is 0.479 e. The predicted molar refractivity (Wildman–Crippen MR) is 75.4 cm³/mol. The van der Waals surface area contributed by atoms with Crippen molar-refractivity contribution in [1.82, 2.24) is 5.32 Å². The number of benzene rings is 2. The Hall–Kier alpha value is -2.69. The Balaban J connectivity index is 2.25. The summed E-state index contributed by atoms with van der Waals surface area (Å²) in [5.74, 6) is -2.64. The average molecular weight is 287 g/mol. The van der Waals surface area contributed by atoms with Crippen LogP contribution in [-0.4, -0.2) is 17.0 Å². The van der Waals surface area contributed by atoms with Crippen LogP contribution in [0.15, 0.2) is 48.5 Å². The molecule has 2 N–H and O–H groups in total. The van der Waals surface area contributed by atoms with Gasteiger partial charge in [-0.15, -0.1) is 0 Å². The quantitative estimate of drug-likeness (QED) is 0.908. The van der Waals surface area contributed by atoms with Crippen molar-refractivity contribution in [2.45, 2.75) is 13.0 Å². The zero-order valence-electron chi connectivity index (χ0n) is 11.3. The summed E-state index contributed by atoms with van der Waals surface area (Å²) in [7, 11) is 0. The first-order valence-corrected chi connectivity index (χ1v) is 6.34. The lowest BCUT2D eigenvalue weighted by Crippen LogP contribution is -2.34. The minimum absolute atomic E-state index is 0.178. The van der Waals surface area contributed by atoms with Gasteiger partial charge < -0.3 is 10.4 Å². The number of carbonyl (C=O) groups is 2. The van der Waals surface area contributed by atoms with E-state index in [0.29, 0.717) is 11.1 Å². The molecule has 0 aromatic heterocycles. The Kier molecular flexibility index (Phi) is 4.33. The molecule has 5 heteroatoms. The number of hydrogen-bond acceptors (Lipinski definition) is 2. The van der Waals surface area contributed by atoms with Crippen molar-refractivity contribution < 1.29 is 19.1 Å². The number of aliphatic carboxylic acids is 1. The minimum Gasteiger partial charge on any atom is -0.479 e. The molecule has 1 atom stereocenters. The van der Waals surface area contributed by atoms with Gasteiger partial charge in [0.15, 0.2) is 6.04 Å². The molecule has 0 unspecified atom stereocenters. The smallest absolute Gasteiger partial charge is 0.330 e. The molecule has 0 heterocycles. The van der Waals surface area contributed by atoms with Crippen LogP contribution in [0.25, 0.3) is 0 Å². The Morgan fingerprint density at radius 2 is 1.81 bits per heavy atom. The number of halogens is 1. The molecule has 4 nitrogen and oxygen atoms in total. The van der Waals surface area contributed by atoms with Crippen LogP contribution in [0, 0.1) is 12.7 Å². The minimum atomic E-state index is -1.22. The number of aryl methyl sites for hydroxylation is 1. The summed E-state index contributed by atoms with van der Waals surface area (Å²) in [6.45, 7) is 1.70. The Morgan fingerprint density at radius 3 is 2.38 bits per heavy atom. The number of carbonyl (C=O) groups excluding carboxylic acids is 1. The van der Waals surface area contributed by atoms with Gasteiger partial charge in [0.2, 0.25) is 0 Å². The molecule has 0 aliphatic carbocycles. The molecule has 0 bridgehead atoms. The van der Waals surface area contributed by atoms with Crippen molar-refractivity contribution in [3.05, 3.63) is 71.0 Å². The first-order chi connectivity index (χ1) is 9.99. The van der Waals surface area contributed by atoms with Gasteiger partial charge >= 0.3 is 5.97 Å². The summed E-state index contributed by atoms with van der Waals surface area (Å²) < 4.78 is 13.7. The molecule has 0 saturated carbocycles. The van der Waals surface area contributed by atoms with Crippen LogP contribution in [0.1, 0.15) is 27.5 Å². The zero-order chi connectivity index (χ0) is 15.4. The monoisotopic (exact) mass is 287 g/mol. The highest BCUT2D eigenvalue weighted by molar-refractivity contribution is 5.97. The summed E-state index contributed by atoms with van der Waals surface area (Å²) in [5.41, 5.74) is 0.926. The van der Waals surface area contributed by atoms with E-state index < -0.39 is 23.7 Å². The summed E-state index contributed by atoms with van der Waals surface area (Å²) >= 11 is 0. The van der Waals surface area contributed by atoms with Gasteiger partial charge in [0, 0.05) is 0 Å². The van der Waals surface area contributed by atoms with Gasteiger partial charge in [-0.3, -0.25) is 4.79 Å². The van der Waals surface area contributed by atoms with E-state index >= 15 is 0 Å². The normalized spacial score (nSPS) is 11.7. The molecule has 0 radical (unpaired) electrons. The number of carboxylic acid groups (broad SMARTS) is 1. The summed E-state index contributed by atoms with van der Waals surface area (Å²) in [6.07, 6.45) is 0. The summed E-state index contributed by atoms with van der Waals surface area (Å²) in [6, 6.07) is 11.2. The lowest BCUT2D eigenvalue weighted by molar-refractivity contribution is -0.139. The maximum Gasteiger partial charge on any atom is 0.330 e. The number of hydrogen-bond donors (Lipinski definition) is 2. The van der Waals surface area contributed by atoms with Crippen molar-refractivity contribution in [3.8, 4) is 0 Å². The van der Waals surface area contributed by atoms with Crippen LogP contribution < -0.4 is 5.32 Å². The van der Waals surface area contributed by atoms with E-state index in [0.717, 1.165) is 0 Å². The molecular formula is C16H14FNO3. The summed E-state index contributed by atoms with van der Waals surface area (Å²) in [5, 5.41) is 11.6. The van der Waals surface area contributed by atoms with Crippen molar-refractivity contribution in [1.29, 1.82) is 0 Å². The SMILES string of the molecule is Cc1ccc(C(=O)N[C@@H](C(=O)O)c2ccccc2)c(F)c1. The van der Waals surface area contributed by atoms with E-state index in [9.17, 15) is 19.1 Å². The van der Waals surface area contributed by atoms with Crippen molar-refractivity contribution >= 4 is 11.9 Å². The predicted octanol–water partition coefficient (Wildman–Crippen LogP) is 2.69. The van der Waals surface area contributed by atoms with Crippen molar-refractivity contribution in [3.63, 3.8) is 0 Å². The Labute approximate surface area is 121 Å². The second-order valence-electron chi connectivity index (χ2n) is 4.64. The molecule has 0 fully saturated rings. The van der Waals surface area contributed by atoms with Crippen LogP contribution in [0.2, 0.25) is 0 Å². The molecule has 21 heavy (non-hydrogen) atoms. The molecule has 0 spiro atoms. The number of rotatable bonds is 4. The first kappa shape index (κ1) is 14.7. The maximum atomic E-state index is 13.7. The number of nitrogens with one attached hydrogen (secondary N) is 1. The van der Waals surface area contributed by atoms with E-state index in [1.807, 2.05) is 0 Å². The standard InChI is InChI=1S/C16H14FNO3/c1-10-7-8-12(13(17)9-10)15(19)18-14(16(20)21)11-5-3-2-4-6-11/h2-9,14H,1H3,(H,18,19)(H,20,21)/t14-/m1/s1. The van der Waals surface area contributed by atoms with Gasteiger partial charge in [0.05, 0.1) is 5.56 Å². The molecule has 0 saturated heterocycles. The number of carboxylic acids is 1. The third-order valence-electron chi connectivity index (χ3n) is 3.02. The highest BCUT2D eigenvalue weighted by Crippen LogP contribution is 2.15. The lowest BCUT2D eigenvalue weighted by Gasteiger charge is -2.15. The van der Waals surface area contributed by atoms with Crippen molar-refractivity contribution in [2.75, 3.05) is 0 Å². The van der Waals surface area contributed by atoms with Gasteiger partial charge in [0.25, 0.3) is 5.91 Å². The van der Waals surface area contributed by atoms with E-state index in [4.69, 9.17) is 0 Å². The van der Waals surface area contributed by atoms with E-state index in [1.165, 1.54) is 12.1 Å². The van der Waals surface area contributed by atoms with E-state index in [2.05, 4.69) is 5.32 Å². The van der Waals surface area contributed by atoms with Crippen LogP contribution in [-0.2, 0) is 4.79 Å². The highest BCUT2D eigenvalue weighted by atomic mass is 19.1. The van der Waals surface area contributed by atoms with Crippen LogP contribution >= 0.6 is 0 Å². The van der Waals surface area contributed by atoms with Gasteiger partial charge in [-0.1, -0.05) is 36.4 Å². The third kappa shape index (κ3) is 3.45. The van der Waals surface area contributed by atoms with Gasteiger partial charge in [-0.2, -0.15) is 0 Å². The lowest BCUT2D eigenvalue weighted by atomic mass is 10.1. The van der Waals surface area contributed by atoms with Crippen LogP contribution in [0.5, 0.6) is 0 Å². The first-order valence-electron chi connectivity index (χ1n) is 6.34. The van der Waals surface area contributed by atoms with Crippen LogP contribution in [0.4, 0.5) is 4.39 Å². The molecule has 2 rings (SSSR count). The Morgan fingerprint density at radius 1 is 1.14 bits per heavy atom. The molecule has 2 aromatic rings. The molecule has 1 amide bonds. The molecule has 2 aromatic carbocycles. The molecule has 0 aliphatic heterocycles. The summed E-state index contributed by atoms with van der Waals surface area (Å²) in [4.78, 5) is 23.3. The van der Waals surface area contributed by atoms with Crippen molar-refractivity contribution in [2.24, 2.45) is 0 Å². The fourth-order valence-electron chi connectivity index (χ4n) is 1.95. The second-order valence-corrected chi connectivity index (χ2v) is 4.64. The number of amides is 1. The fraction of sp³-hybridized carbons (Fsp3) is 0.125.